The second-order valence-corrected chi connectivity index (χ2v) is 6.56. The van der Waals surface area contributed by atoms with Gasteiger partial charge in [-0.25, -0.2) is 4.79 Å². The summed E-state index contributed by atoms with van der Waals surface area (Å²) >= 11 is 0. The number of nitrogens with zero attached hydrogens (tertiary/aromatic N) is 2. The number of rotatable bonds is 3. The van der Waals surface area contributed by atoms with Crippen LogP contribution in [0.4, 0.5) is 4.79 Å². The van der Waals surface area contributed by atoms with Gasteiger partial charge in [-0.05, 0) is 43.0 Å². The zero-order chi connectivity index (χ0) is 16.8. The minimum absolute atomic E-state index is 0.0200. The van der Waals surface area contributed by atoms with Crippen LogP contribution < -0.4 is 5.32 Å². The molecule has 1 aliphatic heterocycles. The van der Waals surface area contributed by atoms with Gasteiger partial charge in [0, 0.05) is 23.7 Å². The highest BCUT2D eigenvalue weighted by Crippen LogP contribution is 2.45. The van der Waals surface area contributed by atoms with Gasteiger partial charge in [0.15, 0.2) is 0 Å². The molecule has 2 fully saturated rings. The molecule has 2 aromatic rings. The van der Waals surface area contributed by atoms with Gasteiger partial charge in [-0.1, -0.05) is 24.3 Å². The van der Waals surface area contributed by atoms with Crippen molar-refractivity contribution in [3.63, 3.8) is 0 Å². The standard InChI is InChI=1S/C19H19N3O2/c1-11-4-3-5-14(12(11)2)16-7-6-13(9-20-16)15-8-17(15)22-18(23)10-21-19(22)24/h3-7,9,15,17H,8,10H2,1-2H3,(H,21,24)/t15-,17+/m1/s1. The van der Waals surface area contributed by atoms with Gasteiger partial charge in [0.2, 0.25) is 5.91 Å². The van der Waals surface area contributed by atoms with Crippen LogP contribution in [0.1, 0.15) is 29.0 Å². The topological polar surface area (TPSA) is 62.3 Å². The van der Waals surface area contributed by atoms with E-state index in [2.05, 4.69) is 42.3 Å². The summed E-state index contributed by atoms with van der Waals surface area (Å²) in [7, 11) is 0. The van der Waals surface area contributed by atoms with Crippen LogP contribution >= 0.6 is 0 Å². The van der Waals surface area contributed by atoms with Crippen molar-refractivity contribution in [3.8, 4) is 11.3 Å². The largest absolute Gasteiger partial charge is 0.329 e. The molecule has 1 N–H and O–H groups in total. The first kappa shape index (κ1) is 14.9. The second-order valence-electron chi connectivity index (χ2n) is 6.56. The lowest BCUT2D eigenvalue weighted by atomic mass is 10.00. The molecule has 1 aliphatic carbocycles. The molecule has 122 valence electrons. The van der Waals surface area contributed by atoms with Crippen LogP contribution in [0.3, 0.4) is 0 Å². The fraction of sp³-hybridized carbons (Fsp3) is 0.316. The van der Waals surface area contributed by atoms with E-state index in [0.29, 0.717) is 0 Å². The van der Waals surface area contributed by atoms with E-state index < -0.39 is 0 Å². The molecule has 5 nitrogen and oxygen atoms in total. The number of aryl methyl sites for hydroxylation is 1. The molecular formula is C19H19N3O2. The number of pyridine rings is 1. The molecular weight excluding hydrogens is 302 g/mol. The number of urea groups is 1. The van der Waals surface area contributed by atoms with Crippen LogP contribution in [0.5, 0.6) is 0 Å². The number of hydrogen-bond donors (Lipinski definition) is 1. The van der Waals surface area contributed by atoms with Crippen molar-refractivity contribution in [1.29, 1.82) is 0 Å². The van der Waals surface area contributed by atoms with Crippen molar-refractivity contribution in [2.45, 2.75) is 32.2 Å². The van der Waals surface area contributed by atoms with E-state index in [1.54, 1.807) is 0 Å². The van der Waals surface area contributed by atoms with Crippen molar-refractivity contribution in [2.75, 3.05) is 6.54 Å². The van der Waals surface area contributed by atoms with Crippen molar-refractivity contribution in [1.82, 2.24) is 15.2 Å². The molecule has 2 aliphatic rings. The molecule has 1 aromatic heterocycles. The van der Waals surface area contributed by atoms with Crippen molar-refractivity contribution in [2.24, 2.45) is 0 Å². The third kappa shape index (κ3) is 2.37. The van der Waals surface area contributed by atoms with Gasteiger partial charge in [0.05, 0.1) is 12.2 Å². The molecule has 2 atom stereocenters. The summed E-state index contributed by atoms with van der Waals surface area (Å²) in [6.07, 6.45) is 2.70. The minimum atomic E-state index is -0.271. The molecule has 0 radical (unpaired) electrons. The maximum absolute atomic E-state index is 11.8. The first-order chi connectivity index (χ1) is 11.6. The van der Waals surface area contributed by atoms with E-state index in [-0.39, 0.29) is 30.4 Å². The third-order valence-electron chi connectivity index (χ3n) is 5.06. The molecule has 1 aromatic carbocycles. The number of carbonyl (C=O) groups is 2. The Morgan fingerprint density at radius 2 is 2.00 bits per heavy atom. The number of benzene rings is 1. The lowest BCUT2D eigenvalue weighted by Gasteiger charge is -2.12. The summed E-state index contributed by atoms with van der Waals surface area (Å²) in [5.74, 6) is 0.0745. The highest BCUT2D eigenvalue weighted by atomic mass is 16.2. The third-order valence-corrected chi connectivity index (χ3v) is 5.06. The van der Waals surface area contributed by atoms with E-state index >= 15 is 0 Å². The minimum Gasteiger partial charge on any atom is -0.329 e. The lowest BCUT2D eigenvalue weighted by Crippen LogP contribution is -2.33. The van der Waals surface area contributed by atoms with Gasteiger partial charge in [-0.15, -0.1) is 0 Å². The van der Waals surface area contributed by atoms with Crippen molar-refractivity contribution in [3.05, 3.63) is 53.2 Å². The molecule has 3 amide bonds. The van der Waals surface area contributed by atoms with E-state index in [9.17, 15) is 9.59 Å². The van der Waals surface area contributed by atoms with Gasteiger partial charge < -0.3 is 5.32 Å². The Kier molecular flexibility index (Phi) is 3.37. The first-order valence-corrected chi connectivity index (χ1v) is 8.18. The zero-order valence-corrected chi connectivity index (χ0v) is 13.7. The van der Waals surface area contributed by atoms with E-state index in [1.807, 2.05) is 18.3 Å². The smallest absolute Gasteiger partial charge is 0.324 e. The van der Waals surface area contributed by atoms with Gasteiger partial charge in [0.25, 0.3) is 0 Å². The number of aromatic nitrogens is 1. The monoisotopic (exact) mass is 321 g/mol. The first-order valence-electron chi connectivity index (χ1n) is 8.18. The quantitative estimate of drug-likeness (QED) is 0.884. The molecule has 0 unspecified atom stereocenters. The number of carbonyl (C=O) groups excluding carboxylic acids is 2. The Morgan fingerprint density at radius 1 is 1.17 bits per heavy atom. The molecule has 5 heteroatoms. The Morgan fingerprint density at radius 3 is 2.67 bits per heavy atom. The fourth-order valence-electron chi connectivity index (χ4n) is 3.41. The summed E-state index contributed by atoms with van der Waals surface area (Å²) in [4.78, 5) is 29.5. The van der Waals surface area contributed by atoms with E-state index in [4.69, 9.17) is 0 Å². The molecule has 24 heavy (non-hydrogen) atoms. The van der Waals surface area contributed by atoms with Crippen LogP contribution in [-0.2, 0) is 4.79 Å². The van der Waals surface area contributed by atoms with Gasteiger partial charge >= 0.3 is 6.03 Å². The Balaban J connectivity index is 1.54. The Hall–Kier alpha value is -2.69. The second kappa shape index (κ2) is 5.44. The highest BCUT2D eigenvalue weighted by Gasteiger charge is 2.49. The van der Waals surface area contributed by atoms with Crippen LogP contribution in [0, 0.1) is 13.8 Å². The van der Waals surface area contributed by atoms with Crippen LogP contribution in [-0.4, -0.2) is 34.4 Å². The highest BCUT2D eigenvalue weighted by molar-refractivity contribution is 6.02. The molecule has 0 bridgehead atoms. The van der Waals surface area contributed by atoms with Crippen molar-refractivity contribution < 1.29 is 9.59 Å². The normalized spacial score (nSPS) is 22.7. The van der Waals surface area contributed by atoms with Crippen LogP contribution in [0.2, 0.25) is 0 Å². The van der Waals surface area contributed by atoms with Crippen LogP contribution in [0.15, 0.2) is 36.5 Å². The Bertz CT molecular complexity index is 813. The Labute approximate surface area is 140 Å². The summed E-state index contributed by atoms with van der Waals surface area (Å²) in [6.45, 7) is 4.32. The number of nitrogens with one attached hydrogen (secondary N) is 1. The molecule has 1 saturated heterocycles. The zero-order valence-electron chi connectivity index (χ0n) is 13.7. The maximum atomic E-state index is 11.8. The summed E-state index contributed by atoms with van der Waals surface area (Å²) in [5.41, 5.74) is 5.66. The predicted octanol–water partition coefficient (Wildman–Crippen LogP) is 2.77. The molecule has 2 heterocycles. The van der Waals surface area contributed by atoms with Crippen molar-refractivity contribution >= 4 is 11.9 Å². The number of imide groups is 1. The SMILES string of the molecule is Cc1cccc(-c2ccc([C@H]3C[C@@H]3N3C(=O)CNC3=O)cn2)c1C. The number of amides is 3. The van der Waals surface area contributed by atoms with E-state index in [0.717, 1.165) is 23.2 Å². The van der Waals surface area contributed by atoms with Gasteiger partial charge in [-0.3, -0.25) is 14.7 Å². The summed E-state index contributed by atoms with van der Waals surface area (Å²) in [5, 5.41) is 2.58. The average molecular weight is 321 g/mol. The van der Waals surface area contributed by atoms with Gasteiger partial charge in [-0.2, -0.15) is 0 Å². The number of hydrogen-bond acceptors (Lipinski definition) is 3. The van der Waals surface area contributed by atoms with E-state index in [1.165, 1.54) is 16.0 Å². The van der Waals surface area contributed by atoms with Gasteiger partial charge in [0.1, 0.15) is 0 Å². The average Bonchev–Trinajstić information content (AvgIpc) is 3.29. The maximum Gasteiger partial charge on any atom is 0.324 e. The fourth-order valence-corrected chi connectivity index (χ4v) is 3.41. The summed E-state index contributed by atoms with van der Waals surface area (Å²) in [6, 6.07) is 10.0. The lowest BCUT2D eigenvalue weighted by molar-refractivity contribution is -0.125. The predicted molar refractivity (Wildman–Crippen MR) is 90.5 cm³/mol. The molecule has 1 saturated carbocycles. The molecule has 0 spiro atoms. The summed E-state index contributed by atoms with van der Waals surface area (Å²) < 4.78 is 0. The van der Waals surface area contributed by atoms with Crippen LogP contribution in [0.25, 0.3) is 11.3 Å². The molecule has 4 rings (SSSR count).